The van der Waals surface area contributed by atoms with Crippen molar-refractivity contribution in [3.05, 3.63) is 59.4 Å². The maximum Gasteiger partial charge on any atom is 0.340 e. The van der Waals surface area contributed by atoms with Gasteiger partial charge in [0.15, 0.2) is 5.65 Å². The lowest BCUT2D eigenvalue weighted by molar-refractivity contribution is -0.127. The molecule has 0 aliphatic rings. The lowest BCUT2D eigenvalue weighted by atomic mass is 10.1. The van der Waals surface area contributed by atoms with Gasteiger partial charge in [0.1, 0.15) is 0 Å². The summed E-state index contributed by atoms with van der Waals surface area (Å²) in [4.78, 5) is 28.3. The van der Waals surface area contributed by atoms with Gasteiger partial charge in [0.25, 0.3) is 5.91 Å². The number of primary amides is 1. The molecule has 0 fully saturated rings. The molecular formula is C17H16N4O3. The molecular weight excluding hydrogens is 308 g/mol. The van der Waals surface area contributed by atoms with Crippen LogP contribution in [0.2, 0.25) is 0 Å². The van der Waals surface area contributed by atoms with Crippen LogP contribution >= 0.6 is 0 Å². The average Bonchev–Trinajstić information content (AvgIpc) is 2.87. The van der Waals surface area contributed by atoms with Gasteiger partial charge < -0.3 is 10.5 Å². The Morgan fingerprint density at radius 3 is 2.62 bits per heavy atom. The Morgan fingerprint density at radius 1 is 1.25 bits per heavy atom. The lowest BCUT2D eigenvalue weighted by Crippen LogP contribution is -2.26. The normalized spacial score (nSPS) is 12.1. The number of aryl methyl sites for hydroxylation is 2. The first kappa shape index (κ1) is 15.7. The number of aromatic nitrogens is 3. The number of hydrogen-bond donors (Lipinski definition) is 1. The molecule has 0 aliphatic heterocycles. The zero-order valence-electron chi connectivity index (χ0n) is 13.3. The van der Waals surface area contributed by atoms with Crippen molar-refractivity contribution in [3.8, 4) is 0 Å². The van der Waals surface area contributed by atoms with Crippen LogP contribution in [0.15, 0.2) is 42.6 Å². The number of fused-ring (bicyclic) bond motifs is 1. The van der Waals surface area contributed by atoms with E-state index in [-0.39, 0.29) is 5.56 Å². The van der Waals surface area contributed by atoms with E-state index in [1.54, 1.807) is 48.1 Å². The van der Waals surface area contributed by atoms with Crippen LogP contribution in [-0.2, 0) is 16.6 Å². The number of ether oxygens (including phenoxy) is 1. The first-order valence-electron chi connectivity index (χ1n) is 7.32. The van der Waals surface area contributed by atoms with Gasteiger partial charge in [-0.05, 0) is 13.0 Å². The Balaban J connectivity index is 1.91. The Bertz CT molecular complexity index is 918. The summed E-state index contributed by atoms with van der Waals surface area (Å²) in [6.45, 7) is 1.83. The minimum Gasteiger partial charge on any atom is -0.444 e. The van der Waals surface area contributed by atoms with Crippen LogP contribution in [0, 0.1) is 6.92 Å². The van der Waals surface area contributed by atoms with E-state index >= 15 is 0 Å². The van der Waals surface area contributed by atoms with Gasteiger partial charge in [-0.1, -0.05) is 30.3 Å². The molecule has 0 radical (unpaired) electrons. The van der Waals surface area contributed by atoms with Crippen molar-refractivity contribution in [2.45, 2.75) is 13.0 Å². The monoisotopic (exact) mass is 324 g/mol. The van der Waals surface area contributed by atoms with Crippen molar-refractivity contribution in [3.63, 3.8) is 0 Å². The second-order valence-electron chi connectivity index (χ2n) is 5.40. The number of nitrogens with two attached hydrogens (primary N) is 1. The number of hydrogen-bond acceptors (Lipinski definition) is 5. The van der Waals surface area contributed by atoms with E-state index in [4.69, 9.17) is 10.5 Å². The molecule has 3 aromatic rings. The number of nitrogens with zero attached hydrogens (tertiary/aromatic N) is 3. The third-order valence-electron chi connectivity index (χ3n) is 3.68. The van der Waals surface area contributed by atoms with Crippen LogP contribution in [0.25, 0.3) is 11.0 Å². The maximum absolute atomic E-state index is 12.4. The van der Waals surface area contributed by atoms with Gasteiger partial charge in [0.2, 0.25) is 6.10 Å². The van der Waals surface area contributed by atoms with Gasteiger partial charge in [0, 0.05) is 24.2 Å². The SMILES string of the molecule is Cc1nn(C)c2ncc(C(=O)O[C@@H](C(N)=O)c3ccccc3)cc12. The van der Waals surface area contributed by atoms with Crippen molar-refractivity contribution >= 4 is 22.9 Å². The van der Waals surface area contributed by atoms with Crippen molar-refractivity contribution in [1.82, 2.24) is 14.8 Å². The highest BCUT2D eigenvalue weighted by atomic mass is 16.5. The molecule has 0 unspecified atom stereocenters. The smallest absolute Gasteiger partial charge is 0.340 e. The van der Waals surface area contributed by atoms with Crippen molar-refractivity contribution in [1.29, 1.82) is 0 Å². The molecule has 2 N–H and O–H groups in total. The van der Waals surface area contributed by atoms with Crippen LogP contribution in [-0.4, -0.2) is 26.6 Å². The van der Waals surface area contributed by atoms with Crippen LogP contribution in [0.3, 0.4) is 0 Å². The second-order valence-corrected chi connectivity index (χ2v) is 5.40. The van der Waals surface area contributed by atoms with Gasteiger partial charge in [-0.2, -0.15) is 5.10 Å². The fourth-order valence-corrected chi connectivity index (χ4v) is 2.51. The minimum atomic E-state index is -1.15. The summed E-state index contributed by atoms with van der Waals surface area (Å²) in [6.07, 6.45) is 0.249. The van der Waals surface area contributed by atoms with E-state index in [1.807, 2.05) is 6.92 Å². The fourth-order valence-electron chi connectivity index (χ4n) is 2.51. The molecule has 2 heterocycles. The Kier molecular flexibility index (Phi) is 3.99. The van der Waals surface area contributed by atoms with Crippen LogP contribution in [0.5, 0.6) is 0 Å². The van der Waals surface area contributed by atoms with Gasteiger partial charge in [0.05, 0.1) is 11.3 Å². The summed E-state index contributed by atoms with van der Waals surface area (Å²) < 4.78 is 6.93. The highest BCUT2D eigenvalue weighted by Gasteiger charge is 2.24. The third kappa shape index (κ3) is 2.83. The number of benzene rings is 1. The molecule has 0 spiro atoms. The summed E-state index contributed by atoms with van der Waals surface area (Å²) >= 11 is 0. The molecule has 1 atom stereocenters. The molecule has 0 saturated heterocycles. The highest BCUT2D eigenvalue weighted by Crippen LogP contribution is 2.21. The molecule has 0 bridgehead atoms. The minimum absolute atomic E-state index is 0.237. The van der Waals surface area contributed by atoms with Gasteiger partial charge in [-0.15, -0.1) is 0 Å². The molecule has 2 aromatic heterocycles. The molecule has 1 amide bonds. The molecule has 7 heteroatoms. The highest BCUT2D eigenvalue weighted by molar-refractivity contribution is 5.95. The zero-order chi connectivity index (χ0) is 17.3. The lowest BCUT2D eigenvalue weighted by Gasteiger charge is -2.15. The largest absolute Gasteiger partial charge is 0.444 e. The van der Waals surface area contributed by atoms with Gasteiger partial charge in [-0.3, -0.25) is 9.48 Å². The number of pyridine rings is 1. The standard InChI is InChI=1S/C17H16N4O3/c1-10-13-8-12(9-19-16(13)21(2)20-10)17(23)24-14(15(18)22)11-6-4-3-5-7-11/h3-9,14H,1-2H3,(H2,18,22)/t14-/m1/s1. The van der Waals surface area contributed by atoms with Crippen LogP contribution < -0.4 is 5.73 Å². The van der Waals surface area contributed by atoms with E-state index in [2.05, 4.69) is 10.1 Å². The summed E-state index contributed by atoms with van der Waals surface area (Å²) in [7, 11) is 1.78. The molecule has 3 rings (SSSR count). The predicted molar refractivity (Wildman–Crippen MR) is 87.0 cm³/mol. The molecule has 0 aliphatic carbocycles. The summed E-state index contributed by atoms with van der Waals surface area (Å²) in [6, 6.07) is 10.3. The van der Waals surface area contributed by atoms with E-state index in [0.717, 1.165) is 11.1 Å². The quantitative estimate of drug-likeness (QED) is 0.736. The zero-order valence-corrected chi connectivity index (χ0v) is 13.3. The number of esters is 1. The van der Waals surface area contributed by atoms with E-state index in [0.29, 0.717) is 11.2 Å². The van der Waals surface area contributed by atoms with Crippen LogP contribution in [0.4, 0.5) is 0 Å². The van der Waals surface area contributed by atoms with Gasteiger partial charge in [-0.25, -0.2) is 9.78 Å². The van der Waals surface area contributed by atoms with Crippen molar-refractivity contribution in [2.24, 2.45) is 12.8 Å². The van der Waals surface area contributed by atoms with E-state index < -0.39 is 18.0 Å². The molecule has 122 valence electrons. The second kappa shape index (κ2) is 6.11. The summed E-state index contributed by atoms with van der Waals surface area (Å²) in [5.41, 5.74) is 7.54. The van der Waals surface area contributed by atoms with Crippen LogP contribution in [0.1, 0.15) is 27.7 Å². The number of rotatable bonds is 4. The Morgan fingerprint density at radius 2 is 1.96 bits per heavy atom. The topological polar surface area (TPSA) is 100 Å². The number of amides is 1. The molecule has 24 heavy (non-hydrogen) atoms. The fraction of sp³-hybridized carbons (Fsp3) is 0.176. The third-order valence-corrected chi connectivity index (χ3v) is 3.68. The van der Waals surface area contributed by atoms with Crippen molar-refractivity contribution < 1.29 is 14.3 Å². The molecule has 1 aromatic carbocycles. The first-order chi connectivity index (χ1) is 11.5. The predicted octanol–water partition coefficient (Wildman–Crippen LogP) is 1.66. The van der Waals surface area contributed by atoms with Gasteiger partial charge >= 0.3 is 5.97 Å². The number of carbonyl (C=O) groups is 2. The van der Waals surface area contributed by atoms with Crippen molar-refractivity contribution in [2.75, 3.05) is 0 Å². The molecule has 7 nitrogen and oxygen atoms in total. The summed E-state index contributed by atoms with van der Waals surface area (Å²) in [5.74, 6) is -1.40. The first-order valence-corrected chi connectivity index (χ1v) is 7.32. The molecule has 0 saturated carbocycles. The average molecular weight is 324 g/mol. The van der Waals surface area contributed by atoms with E-state index in [9.17, 15) is 9.59 Å². The Hall–Kier alpha value is -3.22. The van der Waals surface area contributed by atoms with E-state index in [1.165, 1.54) is 6.20 Å². The number of carbonyl (C=O) groups excluding carboxylic acids is 2. The maximum atomic E-state index is 12.4. The Labute approximate surface area is 138 Å². The summed E-state index contributed by atoms with van der Waals surface area (Å²) in [5, 5.41) is 5.01.